The Labute approximate surface area is 134 Å². The van der Waals surface area contributed by atoms with Gasteiger partial charge in [0.05, 0.1) is 0 Å². The van der Waals surface area contributed by atoms with Crippen molar-refractivity contribution >= 4 is 22.2 Å². The number of hydrogen-bond acceptors (Lipinski definition) is 4. The topological polar surface area (TPSA) is 54.7 Å². The van der Waals surface area contributed by atoms with Crippen molar-refractivity contribution in [2.24, 2.45) is 0 Å². The van der Waals surface area contributed by atoms with Crippen LogP contribution in [0.5, 0.6) is 0 Å². The van der Waals surface area contributed by atoms with E-state index in [4.69, 9.17) is 0 Å². The molecule has 22 heavy (non-hydrogen) atoms. The molecule has 6 heteroatoms. The van der Waals surface area contributed by atoms with Gasteiger partial charge >= 0.3 is 0 Å². The fourth-order valence-corrected chi connectivity index (χ4v) is 3.22. The minimum absolute atomic E-state index is 0.114. The molecular weight excluding hydrogens is 298 g/mol. The number of rotatable bonds is 6. The highest BCUT2D eigenvalue weighted by Gasteiger charge is 2.24. The maximum Gasteiger partial charge on any atom is 0.271 e. The van der Waals surface area contributed by atoms with Crippen molar-refractivity contribution in [3.63, 3.8) is 0 Å². The van der Waals surface area contributed by atoms with Gasteiger partial charge in [0.15, 0.2) is 4.96 Å². The largest absolute Gasteiger partial charge is 0.336 e. The van der Waals surface area contributed by atoms with E-state index in [1.54, 1.807) is 4.90 Å². The molecule has 1 atom stereocenters. The molecule has 120 valence electrons. The van der Waals surface area contributed by atoms with Crippen LogP contribution in [0.2, 0.25) is 0 Å². The van der Waals surface area contributed by atoms with Gasteiger partial charge in [0.2, 0.25) is 0 Å². The van der Waals surface area contributed by atoms with Crippen molar-refractivity contribution in [2.45, 2.75) is 53.0 Å². The fraction of sp³-hybridized carbons (Fsp3) is 0.562. The summed E-state index contributed by atoms with van der Waals surface area (Å²) in [7, 11) is 0. The lowest BCUT2D eigenvalue weighted by Crippen LogP contribution is -2.41. The number of unbranched alkanes of at least 4 members (excludes halogenated alkanes) is 1. The fourth-order valence-electron chi connectivity index (χ4n) is 2.40. The van der Waals surface area contributed by atoms with Crippen LogP contribution in [-0.2, 0) is 0 Å². The Bertz CT molecular complexity index is 720. The molecule has 2 heterocycles. The number of nitrogens with zero attached hydrogens (tertiary/aromatic N) is 3. The molecule has 0 bridgehead atoms. The summed E-state index contributed by atoms with van der Waals surface area (Å²) in [4.78, 5) is 32.1. The molecule has 1 unspecified atom stereocenters. The lowest BCUT2D eigenvalue weighted by Gasteiger charge is -2.28. The molecule has 0 spiro atoms. The van der Waals surface area contributed by atoms with Crippen molar-refractivity contribution in [2.75, 3.05) is 6.54 Å². The van der Waals surface area contributed by atoms with E-state index in [0.29, 0.717) is 11.5 Å². The van der Waals surface area contributed by atoms with E-state index in [9.17, 15) is 9.59 Å². The van der Waals surface area contributed by atoms with Gasteiger partial charge in [0.1, 0.15) is 5.56 Å². The summed E-state index contributed by atoms with van der Waals surface area (Å²) in [6.45, 7) is 8.69. The van der Waals surface area contributed by atoms with Gasteiger partial charge in [-0.15, -0.1) is 11.3 Å². The molecule has 5 nitrogen and oxygen atoms in total. The van der Waals surface area contributed by atoms with Gasteiger partial charge in [-0.05, 0) is 26.7 Å². The minimum atomic E-state index is -0.265. The number of amides is 1. The number of aromatic nitrogens is 2. The number of aryl methyl sites for hydroxylation is 1. The van der Waals surface area contributed by atoms with Gasteiger partial charge in [-0.2, -0.15) is 0 Å². The third-order valence-electron chi connectivity index (χ3n) is 3.98. The highest BCUT2D eigenvalue weighted by molar-refractivity contribution is 7.15. The predicted molar refractivity (Wildman–Crippen MR) is 89.8 cm³/mol. The van der Waals surface area contributed by atoms with Gasteiger partial charge in [-0.1, -0.05) is 20.3 Å². The predicted octanol–water partition coefficient (Wildman–Crippen LogP) is 3.11. The lowest BCUT2D eigenvalue weighted by atomic mass is 10.1. The summed E-state index contributed by atoms with van der Waals surface area (Å²) >= 11 is 1.41. The van der Waals surface area contributed by atoms with Crippen LogP contribution < -0.4 is 5.56 Å². The molecule has 0 aliphatic rings. The second kappa shape index (κ2) is 7.05. The van der Waals surface area contributed by atoms with E-state index in [1.165, 1.54) is 21.9 Å². The third-order valence-corrected chi connectivity index (χ3v) is 4.94. The first-order valence-corrected chi connectivity index (χ1v) is 8.66. The van der Waals surface area contributed by atoms with E-state index in [-0.39, 0.29) is 23.1 Å². The average molecular weight is 321 g/mol. The Kier molecular flexibility index (Phi) is 5.34. The zero-order chi connectivity index (χ0) is 16.3. The van der Waals surface area contributed by atoms with Crippen LogP contribution in [0.3, 0.4) is 0 Å². The van der Waals surface area contributed by atoms with E-state index >= 15 is 0 Å². The summed E-state index contributed by atoms with van der Waals surface area (Å²) in [5.74, 6) is -0.208. The average Bonchev–Trinajstić information content (AvgIpc) is 2.89. The van der Waals surface area contributed by atoms with Crippen LogP contribution in [-0.4, -0.2) is 32.8 Å². The zero-order valence-electron chi connectivity index (χ0n) is 13.6. The standard InChI is InChI=1S/C16H23N3O2S/c1-5-7-8-18(11(3)6-2)14(20)13-9-17-16-19(15(13)21)12(4)10-22-16/h9-11H,5-8H2,1-4H3. The van der Waals surface area contributed by atoms with Gasteiger partial charge in [-0.3, -0.25) is 14.0 Å². The highest BCUT2D eigenvalue weighted by atomic mass is 32.1. The molecular formula is C16H23N3O2S. The maximum absolute atomic E-state index is 12.8. The molecule has 0 radical (unpaired) electrons. The van der Waals surface area contributed by atoms with E-state index in [2.05, 4.69) is 11.9 Å². The Balaban J connectivity index is 2.44. The molecule has 0 saturated heterocycles. The van der Waals surface area contributed by atoms with Crippen molar-refractivity contribution in [1.29, 1.82) is 0 Å². The second-order valence-corrected chi connectivity index (χ2v) is 6.42. The Morgan fingerprint density at radius 2 is 2.18 bits per heavy atom. The Morgan fingerprint density at radius 1 is 1.45 bits per heavy atom. The number of thiazole rings is 1. The summed E-state index contributed by atoms with van der Waals surface area (Å²) in [6, 6.07) is 0.114. The molecule has 0 fully saturated rings. The van der Waals surface area contributed by atoms with Gasteiger partial charge in [0.25, 0.3) is 11.5 Å². The van der Waals surface area contributed by atoms with Gasteiger partial charge < -0.3 is 4.90 Å². The minimum Gasteiger partial charge on any atom is -0.336 e. The summed E-state index contributed by atoms with van der Waals surface area (Å²) < 4.78 is 1.52. The highest BCUT2D eigenvalue weighted by Crippen LogP contribution is 2.14. The molecule has 0 aliphatic carbocycles. The van der Waals surface area contributed by atoms with E-state index in [1.807, 2.05) is 26.2 Å². The molecule has 0 saturated carbocycles. The third kappa shape index (κ3) is 3.06. The first-order valence-electron chi connectivity index (χ1n) is 7.78. The molecule has 1 amide bonds. The van der Waals surface area contributed by atoms with Gasteiger partial charge in [0, 0.05) is 29.9 Å². The van der Waals surface area contributed by atoms with Crippen LogP contribution in [0, 0.1) is 6.92 Å². The van der Waals surface area contributed by atoms with Crippen LogP contribution >= 0.6 is 11.3 Å². The number of carbonyl (C=O) groups is 1. The molecule has 0 aliphatic heterocycles. The molecule has 2 rings (SSSR count). The number of fused-ring (bicyclic) bond motifs is 1. The van der Waals surface area contributed by atoms with Crippen LogP contribution in [0.1, 0.15) is 56.1 Å². The smallest absolute Gasteiger partial charge is 0.271 e. The van der Waals surface area contributed by atoms with E-state index < -0.39 is 0 Å². The maximum atomic E-state index is 12.8. The molecule has 2 aromatic rings. The molecule has 0 N–H and O–H groups in total. The first-order chi connectivity index (χ1) is 10.5. The van der Waals surface area contributed by atoms with Crippen molar-refractivity contribution in [1.82, 2.24) is 14.3 Å². The van der Waals surface area contributed by atoms with Crippen molar-refractivity contribution in [3.8, 4) is 0 Å². The summed E-state index contributed by atoms with van der Waals surface area (Å²) in [5.41, 5.74) is 0.713. The van der Waals surface area contributed by atoms with Crippen molar-refractivity contribution < 1.29 is 4.79 Å². The summed E-state index contributed by atoms with van der Waals surface area (Å²) in [5, 5.41) is 1.88. The summed E-state index contributed by atoms with van der Waals surface area (Å²) in [6.07, 6.45) is 4.24. The number of carbonyl (C=O) groups excluding carboxylic acids is 1. The quantitative estimate of drug-likeness (QED) is 0.821. The zero-order valence-corrected chi connectivity index (χ0v) is 14.4. The SMILES string of the molecule is CCCCN(C(=O)c1cnc2scc(C)n2c1=O)C(C)CC. The number of hydrogen-bond donors (Lipinski definition) is 0. The van der Waals surface area contributed by atoms with Gasteiger partial charge in [-0.25, -0.2) is 4.98 Å². The molecule has 0 aromatic carbocycles. The molecule has 2 aromatic heterocycles. The van der Waals surface area contributed by atoms with E-state index in [0.717, 1.165) is 25.0 Å². The van der Waals surface area contributed by atoms with Crippen LogP contribution in [0.25, 0.3) is 4.96 Å². The second-order valence-electron chi connectivity index (χ2n) is 5.58. The van der Waals surface area contributed by atoms with Crippen LogP contribution in [0.4, 0.5) is 0 Å². The first kappa shape index (κ1) is 16.7. The normalized spacial score (nSPS) is 12.5. The lowest BCUT2D eigenvalue weighted by molar-refractivity contribution is 0.0683. The van der Waals surface area contributed by atoms with Crippen LogP contribution in [0.15, 0.2) is 16.4 Å². The van der Waals surface area contributed by atoms with Crippen molar-refractivity contribution in [3.05, 3.63) is 33.2 Å². The monoisotopic (exact) mass is 321 g/mol. The Hall–Kier alpha value is -1.69. The Morgan fingerprint density at radius 3 is 2.82 bits per heavy atom.